The van der Waals surface area contributed by atoms with Gasteiger partial charge in [0.05, 0.1) is 0 Å². The van der Waals surface area contributed by atoms with Gasteiger partial charge in [-0.15, -0.1) is 0 Å². The molecule has 0 nitrogen and oxygen atoms in total. The van der Waals surface area contributed by atoms with Crippen molar-refractivity contribution in [2.75, 3.05) is 0 Å². The first-order valence-electron chi connectivity index (χ1n) is 6.25. The quantitative estimate of drug-likeness (QED) is 0.338. The molecule has 0 aromatic rings. The molecule has 0 spiro atoms. The predicted molar refractivity (Wildman–Crippen MR) is 59.6 cm³/mol. The first kappa shape index (κ1) is 14.6. The molecule has 1 aliphatic rings. The summed E-state index contributed by atoms with van der Waals surface area (Å²) in [5, 5.41) is 0. The number of unbranched alkanes of at least 4 members (excludes halogenated alkanes) is 4. The molecule has 0 N–H and O–H groups in total. The van der Waals surface area contributed by atoms with Crippen molar-refractivity contribution in [3.05, 3.63) is 6.42 Å². The van der Waals surface area contributed by atoms with Crippen molar-refractivity contribution in [3.8, 4) is 0 Å². The van der Waals surface area contributed by atoms with Gasteiger partial charge in [0.2, 0.25) is 0 Å². The summed E-state index contributed by atoms with van der Waals surface area (Å²) in [6.07, 6.45) is 17.0. The Hall–Kier alpha value is 0.597. The van der Waals surface area contributed by atoms with Crippen LogP contribution >= 0.6 is 0 Å². The van der Waals surface area contributed by atoms with E-state index in [-0.39, 0.29) is 18.9 Å². The molecule has 1 rings (SSSR count). The minimum Gasteiger partial charge on any atom is -0.328 e. The monoisotopic (exact) mass is 188 g/mol. The first-order valence-corrected chi connectivity index (χ1v) is 6.25. The van der Waals surface area contributed by atoms with Crippen LogP contribution in [0, 0.1) is 12.3 Å². The molecule has 1 saturated carbocycles. The molecule has 0 unspecified atom stereocenters. The Bertz CT molecular complexity index is 106. The molecule has 78 valence electrons. The van der Waals surface area contributed by atoms with E-state index in [9.17, 15) is 0 Å². The maximum atomic E-state index is 2.47. The van der Waals surface area contributed by atoms with E-state index in [4.69, 9.17) is 0 Å². The molecule has 0 aromatic carbocycles. The second-order valence-electron chi connectivity index (χ2n) is 4.51. The molecule has 0 radical (unpaired) electrons. The summed E-state index contributed by atoms with van der Waals surface area (Å²) in [6, 6.07) is 0. The Labute approximate surface area is 102 Å². The largest absolute Gasteiger partial charge is 1.00 e. The molecule has 14 heavy (non-hydrogen) atoms. The second-order valence-corrected chi connectivity index (χ2v) is 4.51. The number of hydrogen-bond acceptors (Lipinski definition) is 0. The molecular formula is C13H25Li. The van der Waals surface area contributed by atoms with E-state index in [1.54, 1.807) is 0 Å². The summed E-state index contributed by atoms with van der Waals surface area (Å²) < 4.78 is 0. The van der Waals surface area contributed by atoms with Gasteiger partial charge < -0.3 is 6.42 Å². The van der Waals surface area contributed by atoms with Crippen molar-refractivity contribution >= 4 is 0 Å². The predicted octanol–water partition coefficient (Wildman–Crippen LogP) is 1.75. The van der Waals surface area contributed by atoms with Crippen molar-refractivity contribution in [2.45, 2.75) is 71.1 Å². The van der Waals surface area contributed by atoms with Crippen LogP contribution < -0.4 is 18.9 Å². The summed E-state index contributed by atoms with van der Waals surface area (Å²) in [4.78, 5) is 0. The molecule has 0 aromatic heterocycles. The van der Waals surface area contributed by atoms with Gasteiger partial charge in [-0.2, -0.15) is 12.8 Å². The molecule has 1 heteroatoms. The molecule has 1 fully saturated rings. The standard InChI is InChI=1S/C13H25.Li/c1-2-3-4-5-7-10-13-11-8-6-9-12-13;/h6,13H,2-5,7-12H2,1H3;/q-1;+1. The Morgan fingerprint density at radius 1 is 1.00 bits per heavy atom. The zero-order chi connectivity index (χ0) is 9.36. The van der Waals surface area contributed by atoms with Gasteiger partial charge in [-0.3, -0.25) is 0 Å². The molecule has 0 atom stereocenters. The zero-order valence-electron chi connectivity index (χ0n) is 10.2. The van der Waals surface area contributed by atoms with Crippen LogP contribution in [0.25, 0.3) is 0 Å². The smallest absolute Gasteiger partial charge is 0.328 e. The number of hydrogen-bond donors (Lipinski definition) is 0. The normalized spacial score (nSPS) is 17.8. The maximum Gasteiger partial charge on any atom is 1.00 e. The van der Waals surface area contributed by atoms with Gasteiger partial charge in [0.25, 0.3) is 0 Å². The third-order valence-corrected chi connectivity index (χ3v) is 3.27. The van der Waals surface area contributed by atoms with E-state index in [1.165, 1.54) is 64.2 Å². The van der Waals surface area contributed by atoms with Crippen molar-refractivity contribution in [2.24, 2.45) is 5.92 Å². The van der Waals surface area contributed by atoms with Crippen LogP contribution in [0.4, 0.5) is 0 Å². The van der Waals surface area contributed by atoms with Gasteiger partial charge in [0, 0.05) is 0 Å². The second kappa shape index (κ2) is 10.1. The topological polar surface area (TPSA) is 0 Å². The average Bonchev–Trinajstić information content (AvgIpc) is 2.19. The van der Waals surface area contributed by atoms with Crippen LogP contribution in [0.1, 0.15) is 71.1 Å². The van der Waals surface area contributed by atoms with Gasteiger partial charge in [-0.1, -0.05) is 58.3 Å². The van der Waals surface area contributed by atoms with E-state index in [0.717, 1.165) is 5.92 Å². The molecule has 0 heterocycles. The fraction of sp³-hybridized carbons (Fsp3) is 0.923. The Morgan fingerprint density at radius 2 is 1.64 bits per heavy atom. The molecule has 1 aliphatic carbocycles. The van der Waals surface area contributed by atoms with Gasteiger partial charge in [0.1, 0.15) is 0 Å². The van der Waals surface area contributed by atoms with E-state index in [0.29, 0.717) is 0 Å². The molecule has 0 aliphatic heterocycles. The van der Waals surface area contributed by atoms with Crippen molar-refractivity contribution in [3.63, 3.8) is 0 Å². The molecular weight excluding hydrogens is 163 g/mol. The van der Waals surface area contributed by atoms with Crippen LogP contribution in [0.5, 0.6) is 0 Å². The third-order valence-electron chi connectivity index (χ3n) is 3.27. The Balaban J connectivity index is 0.00000169. The van der Waals surface area contributed by atoms with E-state index < -0.39 is 0 Å². The van der Waals surface area contributed by atoms with Crippen molar-refractivity contribution in [1.82, 2.24) is 0 Å². The first-order chi connectivity index (χ1) is 6.43. The fourth-order valence-electron chi connectivity index (χ4n) is 2.32. The van der Waals surface area contributed by atoms with Crippen molar-refractivity contribution < 1.29 is 18.9 Å². The summed E-state index contributed by atoms with van der Waals surface area (Å²) in [5.41, 5.74) is 0. The van der Waals surface area contributed by atoms with Crippen LogP contribution in [0.15, 0.2) is 0 Å². The Morgan fingerprint density at radius 3 is 2.29 bits per heavy atom. The van der Waals surface area contributed by atoms with Crippen molar-refractivity contribution in [1.29, 1.82) is 0 Å². The van der Waals surface area contributed by atoms with E-state index in [1.807, 2.05) is 0 Å². The molecule has 0 bridgehead atoms. The maximum absolute atomic E-state index is 2.47. The summed E-state index contributed by atoms with van der Waals surface area (Å²) in [6.45, 7) is 2.29. The van der Waals surface area contributed by atoms with Gasteiger partial charge in [-0.25, -0.2) is 0 Å². The summed E-state index contributed by atoms with van der Waals surface area (Å²) in [7, 11) is 0. The molecule has 0 amide bonds. The SMILES string of the molecule is CCCCCCCC1CC[CH-]CC1.[Li+]. The fourth-order valence-corrected chi connectivity index (χ4v) is 2.32. The minimum atomic E-state index is 0. The summed E-state index contributed by atoms with van der Waals surface area (Å²) >= 11 is 0. The number of rotatable bonds is 6. The van der Waals surface area contributed by atoms with Crippen LogP contribution in [0.3, 0.4) is 0 Å². The molecule has 0 saturated heterocycles. The van der Waals surface area contributed by atoms with Crippen LogP contribution in [-0.2, 0) is 0 Å². The van der Waals surface area contributed by atoms with Crippen LogP contribution in [-0.4, -0.2) is 0 Å². The Kier molecular flexibility index (Phi) is 10.6. The average molecular weight is 188 g/mol. The van der Waals surface area contributed by atoms with Gasteiger partial charge >= 0.3 is 18.9 Å². The minimum absolute atomic E-state index is 0. The van der Waals surface area contributed by atoms with Gasteiger partial charge in [-0.05, 0) is 5.92 Å². The van der Waals surface area contributed by atoms with E-state index >= 15 is 0 Å². The third kappa shape index (κ3) is 6.96. The van der Waals surface area contributed by atoms with E-state index in [2.05, 4.69) is 13.3 Å². The zero-order valence-corrected chi connectivity index (χ0v) is 10.2. The van der Waals surface area contributed by atoms with Gasteiger partial charge in [0.15, 0.2) is 0 Å². The summed E-state index contributed by atoms with van der Waals surface area (Å²) in [5.74, 6) is 1.08. The van der Waals surface area contributed by atoms with Crippen LogP contribution in [0.2, 0.25) is 0 Å².